The molecule has 2 N–H and O–H groups in total. The van der Waals surface area contributed by atoms with E-state index in [2.05, 4.69) is 17.0 Å². The quantitative estimate of drug-likeness (QED) is 0.740. The van der Waals surface area contributed by atoms with Crippen molar-refractivity contribution in [1.29, 1.82) is 0 Å². The predicted octanol–water partition coefficient (Wildman–Crippen LogP) is 0.456. The summed E-state index contributed by atoms with van der Waals surface area (Å²) >= 11 is 0. The standard InChI is InChI=1S/C10H20N2O2S/c1-3-11-8-4-10(5-8)6-9(7-10)12-15(2,13)14/h8-9,11-12H,3-7H2,1-2H3. The Morgan fingerprint density at radius 3 is 2.20 bits per heavy atom. The molecule has 0 amide bonds. The first-order chi connectivity index (χ1) is 6.92. The fourth-order valence-electron chi connectivity index (χ4n) is 3.12. The molecular formula is C10H20N2O2S. The van der Waals surface area contributed by atoms with Crippen molar-refractivity contribution < 1.29 is 8.42 Å². The van der Waals surface area contributed by atoms with Gasteiger partial charge in [-0.05, 0) is 37.6 Å². The molecule has 15 heavy (non-hydrogen) atoms. The molecule has 0 heterocycles. The Balaban J connectivity index is 1.71. The first-order valence-corrected chi connectivity index (χ1v) is 7.52. The number of hydrogen-bond donors (Lipinski definition) is 2. The lowest BCUT2D eigenvalue weighted by Crippen LogP contribution is -2.60. The van der Waals surface area contributed by atoms with Gasteiger partial charge in [0.25, 0.3) is 0 Å². The molecule has 0 saturated heterocycles. The van der Waals surface area contributed by atoms with Crippen LogP contribution in [0.1, 0.15) is 32.6 Å². The fourth-order valence-corrected chi connectivity index (χ4v) is 3.90. The summed E-state index contributed by atoms with van der Waals surface area (Å²) in [7, 11) is -3.01. The highest BCUT2D eigenvalue weighted by atomic mass is 32.2. The first-order valence-electron chi connectivity index (χ1n) is 5.63. The first kappa shape index (κ1) is 11.4. The third-order valence-electron chi connectivity index (χ3n) is 3.59. The lowest BCUT2D eigenvalue weighted by atomic mass is 9.52. The van der Waals surface area contributed by atoms with Crippen molar-refractivity contribution in [3.05, 3.63) is 0 Å². The summed E-state index contributed by atoms with van der Waals surface area (Å²) < 4.78 is 24.7. The maximum absolute atomic E-state index is 11.0. The van der Waals surface area contributed by atoms with E-state index in [0.29, 0.717) is 11.5 Å². The van der Waals surface area contributed by atoms with E-state index in [-0.39, 0.29) is 6.04 Å². The van der Waals surface area contributed by atoms with Crippen molar-refractivity contribution in [2.24, 2.45) is 5.41 Å². The summed E-state index contributed by atoms with van der Waals surface area (Å²) in [5, 5.41) is 3.43. The van der Waals surface area contributed by atoms with Crippen LogP contribution in [0.4, 0.5) is 0 Å². The van der Waals surface area contributed by atoms with Gasteiger partial charge in [-0.2, -0.15) is 0 Å². The van der Waals surface area contributed by atoms with Crippen molar-refractivity contribution in [3.8, 4) is 0 Å². The van der Waals surface area contributed by atoms with Gasteiger partial charge in [0, 0.05) is 12.1 Å². The molecule has 0 aromatic carbocycles. The summed E-state index contributed by atoms with van der Waals surface area (Å²) in [5.41, 5.74) is 0.467. The molecule has 2 fully saturated rings. The van der Waals surface area contributed by atoms with Crippen LogP contribution in [-0.4, -0.2) is 33.3 Å². The predicted molar refractivity (Wildman–Crippen MR) is 60.1 cm³/mol. The molecule has 2 aliphatic rings. The number of hydrogen-bond acceptors (Lipinski definition) is 3. The van der Waals surface area contributed by atoms with Crippen LogP contribution in [0.5, 0.6) is 0 Å². The van der Waals surface area contributed by atoms with Gasteiger partial charge >= 0.3 is 0 Å². The maximum Gasteiger partial charge on any atom is 0.208 e. The van der Waals surface area contributed by atoms with Crippen molar-refractivity contribution in [2.75, 3.05) is 12.8 Å². The summed E-state index contributed by atoms with van der Waals surface area (Å²) in [6.45, 7) is 3.16. The second-order valence-corrected chi connectivity index (χ2v) is 6.94. The molecule has 0 aromatic heterocycles. The van der Waals surface area contributed by atoms with Crippen LogP contribution in [0, 0.1) is 5.41 Å². The number of nitrogens with one attached hydrogen (secondary N) is 2. The summed E-state index contributed by atoms with van der Waals surface area (Å²) in [5.74, 6) is 0. The van der Waals surface area contributed by atoms with E-state index in [0.717, 1.165) is 19.4 Å². The summed E-state index contributed by atoms with van der Waals surface area (Å²) in [4.78, 5) is 0. The third-order valence-corrected chi connectivity index (χ3v) is 4.35. The van der Waals surface area contributed by atoms with E-state index >= 15 is 0 Å². The molecule has 2 aliphatic carbocycles. The second kappa shape index (κ2) is 3.71. The molecule has 2 rings (SSSR count). The summed E-state index contributed by atoms with van der Waals surface area (Å²) in [6.07, 6.45) is 5.75. The topological polar surface area (TPSA) is 58.2 Å². The third kappa shape index (κ3) is 2.52. The van der Waals surface area contributed by atoms with Crippen molar-refractivity contribution >= 4 is 10.0 Å². The lowest BCUT2D eigenvalue weighted by Gasteiger charge is -2.57. The molecule has 88 valence electrons. The Kier molecular flexibility index (Phi) is 2.81. The summed E-state index contributed by atoms with van der Waals surface area (Å²) in [6, 6.07) is 0.872. The molecule has 0 atom stereocenters. The minimum absolute atomic E-state index is 0.197. The fraction of sp³-hybridized carbons (Fsp3) is 1.00. The zero-order chi connectivity index (χ0) is 11.1. The highest BCUT2D eigenvalue weighted by molar-refractivity contribution is 7.88. The molecular weight excluding hydrogens is 212 g/mol. The van der Waals surface area contributed by atoms with Gasteiger partial charge in [0.2, 0.25) is 10.0 Å². The van der Waals surface area contributed by atoms with Crippen molar-refractivity contribution in [3.63, 3.8) is 0 Å². The molecule has 0 radical (unpaired) electrons. The molecule has 0 unspecified atom stereocenters. The zero-order valence-electron chi connectivity index (χ0n) is 9.41. The molecule has 0 bridgehead atoms. The highest BCUT2D eigenvalue weighted by Gasteiger charge is 2.52. The molecule has 5 heteroatoms. The van der Waals surface area contributed by atoms with Crippen LogP contribution in [0.15, 0.2) is 0 Å². The second-order valence-electron chi connectivity index (χ2n) is 5.16. The Morgan fingerprint density at radius 1 is 1.20 bits per heavy atom. The highest BCUT2D eigenvalue weighted by Crippen LogP contribution is 2.55. The Labute approximate surface area is 91.9 Å². The minimum atomic E-state index is -3.01. The maximum atomic E-state index is 11.0. The molecule has 0 aromatic rings. The van der Waals surface area contributed by atoms with Gasteiger partial charge in [0.15, 0.2) is 0 Å². The molecule has 4 nitrogen and oxygen atoms in total. The van der Waals surface area contributed by atoms with Crippen LogP contribution in [0.2, 0.25) is 0 Å². The zero-order valence-corrected chi connectivity index (χ0v) is 10.2. The van der Waals surface area contributed by atoms with E-state index < -0.39 is 10.0 Å². The van der Waals surface area contributed by atoms with E-state index in [1.165, 1.54) is 19.1 Å². The average Bonchev–Trinajstić information content (AvgIpc) is 1.94. The average molecular weight is 232 g/mol. The molecule has 1 spiro atoms. The lowest BCUT2D eigenvalue weighted by molar-refractivity contribution is -0.0220. The monoisotopic (exact) mass is 232 g/mol. The number of sulfonamides is 1. The smallest absolute Gasteiger partial charge is 0.208 e. The van der Waals surface area contributed by atoms with E-state index in [1.54, 1.807) is 0 Å². The van der Waals surface area contributed by atoms with E-state index in [4.69, 9.17) is 0 Å². The van der Waals surface area contributed by atoms with Crippen LogP contribution >= 0.6 is 0 Å². The van der Waals surface area contributed by atoms with Crippen LogP contribution in [-0.2, 0) is 10.0 Å². The normalized spacial score (nSPS) is 39.9. The van der Waals surface area contributed by atoms with Gasteiger partial charge in [-0.25, -0.2) is 13.1 Å². The van der Waals surface area contributed by atoms with Gasteiger partial charge in [-0.15, -0.1) is 0 Å². The van der Waals surface area contributed by atoms with E-state index in [1.807, 2.05) is 0 Å². The minimum Gasteiger partial charge on any atom is -0.314 e. The van der Waals surface area contributed by atoms with Crippen LogP contribution < -0.4 is 10.0 Å². The van der Waals surface area contributed by atoms with Gasteiger partial charge in [0.1, 0.15) is 0 Å². The Morgan fingerprint density at radius 2 is 1.73 bits per heavy atom. The van der Waals surface area contributed by atoms with E-state index in [9.17, 15) is 8.42 Å². The van der Waals surface area contributed by atoms with Gasteiger partial charge in [-0.3, -0.25) is 0 Å². The van der Waals surface area contributed by atoms with Gasteiger partial charge in [0.05, 0.1) is 6.26 Å². The SMILES string of the molecule is CCNC1CC2(C1)CC(NS(C)(=O)=O)C2. The van der Waals surface area contributed by atoms with Gasteiger partial charge < -0.3 is 5.32 Å². The van der Waals surface area contributed by atoms with Crippen LogP contribution in [0.25, 0.3) is 0 Å². The Bertz CT molecular complexity index is 325. The van der Waals surface area contributed by atoms with Crippen molar-refractivity contribution in [1.82, 2.24) is 10.0 Å². The molecule has 2 saturated carbocycles. The number of rotatable bonds is 4. The van der Waals surface area contributed by atoms with Crippen molar-refractivity contribution in [2.45, 2.75) is 44.7 Å². The Hall–Kier alpha value is -0.130. The largest absolute Gasteiger partial charge is 0.314 e. The molecule has 0 aliphatic heterocycles. The van der Waals surface area contributed by atoms with Crippen LogP contribution in [0.3, 0.4) is 0 Å². The van der Waals surface area contributed by atoms with Gasteiger partial charge in [-0.1, -0.05) is 6.92 Å².